The highest BCUT2D eigenvalue weighted by molar-refractivity contribution is 6.04. The number of carbonyl (C=O) groups is 1. The van der Waals surface area contributed by atoms with Gasteiger partial charge in [-0.1, -0.05) is 12.1 Å². The Kier molecular flexibility index (Phi) is 6.76. The van der Waals surface area contributed by atoms with Crippen LogP contribution in [0.25, 0.3) is 22.4 Å². The lowest BCUT2D eigenvalue weighted by Crippen LogP contribution is -2.22. The van der Waals surface area contributed by atoms with Gasteiger partial charge in [0.05, 0.1) is 23.6 Å². The molecule has 202 valence electrons. The van der Waals surface area contributed by atoms with Crippen molar-refractivity contribution in [2.75, 3.05) is 10.6 Å². The zero-order chi connectivity index (χ0) is 28.6. The van der Waals surface area contributed by atoms with Gasteiger partial charge in [-0.25, -0.2) is 9.97 Å². The van der Waals surface area contributed by atoms with Gasteiger partial charge in [0.2, 0.25) is 5.95 Å². The second-order valence-electron chi connectivity index (χ2n) is 9.10. The molecule has 3 aromatic heterocycles. The number of rotatable bonds is 5. The zero-order valence-corrected chi connectivity index (χ0v) is 21.5. The second-order valence-corrected chi connectivity index (χ2v) is 9.10. The number of halogens is 3. The predicted molar refractivity (Wildman–Crippen MR) is 144 cm³/mol. The molecule has 0 saturated carbocycles. The van der Waals surface area contributed by atoms with Crippen LogP contribution >= 0.6 is 0 Å². The smallest absolute Gasteiger partial charge is 0.323 e. The van der Waals surface area contributed by atoms with Crippen molar-refractivity contribution in [3.05, 3.63) is 99.7 Å². The quantitative estimate of drug-likeness (QED) is 0.303. The maximum atomic E-state index is 13.3. The first-order chi connectivity index (χ1) is 19.0. The van der Waals surface area contributed by atoms with E-state index in [1.54, 1.807) is 38.4 Å². The third kappa shape index (κ3) is 5.37. The normalized spacial score (nSPS) is 11.4. The predicted octanol–water partition coefficient (Wildman–Crippen LogP) is 5.42. The van der Waals surface area contributed by atoms with Crippen molar-refractivity contribution in [2.24, 2.45) is 7.05 Å². The summed E-state index contributed by atoms with van der Waals surface area (Å²) in [5, 5.41) is 5.64. The number of benzene rings is 2. The molecule has 0 saturated heterocycles. The van der Waals surface area contributed by atoms with Gasteiger partial charge in [-0.3, -0.25) is 19.1 Å². The van der Waals surface area contributed by atoms with Gasteiger partial charge in [0.15, 0.2) is 5.65 Å². The Morgan fingerprint density at radius 1 is 0.925 bits per heavy atom. The van der Waals surface area contributed by atoms with Gasteiger partial charge in [-0.05, 0) is 61.9 Å². The van der Waals surface area contributed by atoms with Crippen LogP contribution in [0.3, 0.4) is 0 Å². The van der Waals surface area contributed by atoms with Gasteiger partial charge in [0, 0.05) is 29.6 Å². The van der Waals surface area contributed by atoms with Gasteiger partial charge in [-0.2, -0.15) is 18.2 Å². The van der Waals surface area contributed by atoms with E-state index in [-0.39, 0.29) is 22.9 Å². The average Bonchev–Trinajstić information content (AvgIpc) is 2.93. The molecule has 9 nitrogen and oxygen atoms in total. The van der Waals surface area contributed by atoms with E-state index in [4.69, 9.17) is 0 Å². The molecule has 0 bridgehead atoms. The van der Waals surface area contributed by atoms with Crippen molar-refractivity contribution in [1.82, 2.24) is 24.5 Å². The number of pyridine rings is 1. The van der Waals surface area contributed by atoms with Crippen molar-refractivity contribution >= 4 is 34.4 Å². The number of carbonyl (C=O) groups excluding carboxylic acids is 1. The molecule has 12 heteroatoms. The highest BCUT2D eigenvalue weighted by atomic mass is 19.4. The van der Waals surface area contributed by atoms with Gasteiger partial charge in [0.1, 0.15) is 11.2 Å². The largest absolute Gasteiger partial charge is 0.416 e. The van der Waals surface area contributed by atoms with Crippen molar-refractivity contribution < 1.29 is 18.0 Å². The molecule has 1 amide bonds. The molecule has 0 aliphatic heterocycles. The van der Waals surface area contributed by atoms with Gasteiger partial charge < -0.3 is 10.6 Å². The molecule has 5 aromatic rings. The SMILES string of the molecule is Cc1ccc(Nc2ncc3nc(-c4cc(NC(=O)c5cccc(C(F)(F)F)c5)ccc4C)c(=O)n(C)c3n2)cn1. The minimum atomic E-state index is -4.58. The molecule has 40 heavy (non-hydrogen) atoms. The Labute approximate surface area is 225 Å². The fourth-order valence-electron chi connectivity index (χ4n) is 4.02. The van der Waals surface area contributed by atoms with Crippen molar-refractivity contribution in [2.45, 2.75) is 20.0 Å². The van der Waals surface area contributed by atoms with Crippen LogP contribution in [0, 0.1) is 13.8 Å². The maximum Gasteiger partial charge on any atom is 0.416 e. The van der Waals surface area contributed by atoms with Crippen LogP contribution in [0.1, 0.15) is 27.2 Å². The standard InChI is InChI=1S/C28H22F3N7O2/c1-15-7-9-19(34-25(39)17-5-4-6-18(11-17)28(29,30)31)12-21(15)23-26(40)38(3)24-22(36-23)14-33-27(37-24)35-20-10-8-16(2)32-13-20/h4-14H,1-3H3,(H,34,39)(H,33,35,37). The van der Waals surface area contributed by atoms with E-state index in [9.17, 15) is 22.8 Å². The first-order valence-corrected chi connectivity index (χ1v) is 12.0. The molecular formula is C28H22F3N7O2. The first-order valence-electron chi connectivity index (χ1n) is 12.0. The summed E-state index contributed by atoms with van der Waals surface area (Å²) in [4.78, 5) is 43.5. The number of hydrogen-bond donors (Lipinski definition) is 2. The molecule has 0 aliphatic rings. The van der Waals surface area contributed by atoms with Crippen molar-refractivity contribution in [1.29, 1.82) is 0 Å². The van der Waals surface area contributed by atoms with E-state index in [1.165, 1.54) is 22.9 Å². The number of amides is 1. The monoisotopic (exact) mass is 545 g/mol. The Bertz CT molecular complexity index is 1820. The van der Waals surface area contributed by atoms with E-state index in [2.05, 4.69) is 30.6 Å². The van der Waals surface area contributed by atoms with Crippen LogP contribution in [-0.4, -0.2) is 30.4 Å². The fourth-order valence-corrected chi connectivity index (χ4v) is 4.02. The summed E-state index contributed by atoms with van der Waals surface area (Å²) in [5.41, 5.74) is 2.23. The fraction of sp³-hybridized carbons (Fsp3) is 0.143. The summed E-state index contributed by atoms with van der Waals surface area (Å²) >= 11 is 0. The van der Waals surface area contributed by atoms with E-state index < -0.39 is 23.2 Å². The molecule has 0 fully saturated rings. The lowest BCUT2D eigenvalue weighted by Gasteiger charge is -2.13. The Morgan fingerprint density at radius 3 is 2.42 bits per heavy atom. The highest BCUT2D eigenvalue weighted by Gasteiger charge is 2.31. The molecular weight excluding hydrogens is 523 g/mol. The third-order valence-electron chi connectivity index (χ3n) is 6.18. The number of anilines is 3. The minimum Gasteiger partial charge on any atom is -0.323 e. The van der Waals surface area contributed by atoms with Crippen LogP contribution in [0.15, 0.2) is 71.8 Å². The molecule has 0 aliphatic carbocycles. The third-order valence-corrected chi connectivity index (χ3v) is 6.18. The minimum absolute atomic E-state index is 0.106. The summed E-state index contributed by atoms with van der Waals surface area (Å²) in [5.74, 6) is -0.462. The molecule has 0 atom stereocenters. The molecule has 0 radical (unpaired) electrons. The van der Waals surface area contributed by atoms with Crippen molar-refractivity contribution in [3.8, 4) is 11.3 Å². The zero-order valence-electron chi connectivity index (χ0n) is 21.5. The summed E-state index contributed by atoms with van der Waals surface area (Å²) in [7, 11) is 1.56. The Morgan fingerprint density at radius 2 is 1.70 bits per heavy atom. The molecule has 0 spiro atoms. The van der Waals surface area contributed by atoms with E-state index in [1.807, 2.05) is 19.1 Å². The van der Waals surface area contributed by atoms with Crippen LogP contribution in [0.2, 0.25) is 0 Å². The Hall–Kier alpha value is -5.13. The number of nitrogens with zero attached hydrogens (tertiary/aromatic N) is 5. The highest BCUT2D eigenvalue weighted by Crippen LogP contribution is 2.30. The summed E-state index contributed by atoms with van der Waals surface area (Å²) in [6.07, 6.45) is -1.44. The van der Waals surface area contributed by atoms with Gasteiger partial charge in [0.25, 0.3) is 11.5 Å². The first kappa shape index (κ1) is 26.5. The lowest BCUT2D eigenvalue weighted by molar-refractivity contribution is -0.137. The van der Waals surface area contributed by atoms with Crippen LogP contribution in [-0.2, 0) is 13.2 Å². The number of aryl methyl sites for hydroxylation is 3. The number of hydrogen-bond acceptors (Lipinski definition) is 7. The lowest BCUT2D eigenvalue weighted by atomic mass is 10.0. The summed E-state index contributed by atoms with van der Waals surface area (Å²) in [6.45, 7) is 3.65. The van der Waals surface area contributed by atoms with E-state index in [0.29, 0.717) is 28.0 Å². The average molecular weight is 546 g/mol. The number of alkyl halides is 3. The molecule has 0 unspecified atom stereocenters. The van der Waals surface area contributed by atoms with E-state index in [0.717, 1.165) is 17.8 Å². The molecule has 2 aromatic carbocycles. The molecule has 5 rings (SSSR count). The number of fused-ring (bicyclic) bond motifs is 1. The van der Waals surface area contributed by atoms with Crippen LogP contribution in [0.5, 0.6) is 0 Å². The molecule has 3 heterocycles. The van der Waals surface area contributed by atoms with E-state index >= 15 is 0 Å². The number of nitrogens with one attached hydrogen (secondary N) is 2. The van der Waals surface area contributed by atoms with Gasteiger partial charge >= 0.3 is 6.18 Å². The second kappa shape index (κ2) is 10.2. The van der Waals surface area contributed by atoms with Crippen molar-refractivity contribution in [3.63, 3.8) is 0 Å². The van der Waals surface area contributed by atoms with Crippen LogP contribution < -0.4 is 16.2 Å². The van der Waals surface area contributed by atoms with Crippen LogP contribution in [0.4, 0.5) is 30.5 Å². The van der Waals surface area contributed by atoms with Gasteiger partial charge in [-0.15, -0.1) is 0 Å². The maximum absolute atomic E-state index is 13.3. The topological polar surface area (TPSA) is 115 Å². The summed E-state index contributed by atoms with van der Waals surface area (Å²) in [6, 6.07) is 12.6. The number of aromatic nitrogens is 5. The molecule has 2 N–H and O–H groups in total. The summed E-state index contributed by atoms with van der Waals surface area (Å²) < 4.78 is 40.6. The Balaban J connectivity index is 1.46.